The van der Waals surface area contributed by atoms with Crippen molar-refractivity contribution in [1.29, 1.82) is 0 Å². The second kappa shape index (κ2) is 8.33. The molecule has 0 unspecified atom stereocenters. The van der Waals surface area contributed by atoms with Crippen molar-refractivity contribution >= 4 is 22.2 Å². The van der Waals surface area contributed by atoms with E-state index in [4.69, 9.17) is 4.74 Å². The first-order valence-electron chi connectivity index (χ1n) is 8.99. The molecule has 0 spiro atoms. The average molecular weight is 392 g/mol. The lowest BCUT2D eigenvalue weighted by Crippen LogP contribution is -2.12. The van der Waals surface area contributed by atoms with Crippen LogP contribution < -0.4 is 14.9 Å². The second-order valence-electron chi connectivity index (χ2n) is 6.48. The molecule has 6 nitrogen and oxygen atoms in total. The number of rotatable bonds is 7. The molecule has 0 saturated heterocycles. The molecule has 0 radical (unpaired) electrons. The van der Waals surface area contributed by atoms with E-state index in [-0.39, 0.29) is 4.87 Å². The number of nitrogens with one attached hydrogen (secondary N) is 2. The highest BCUT2D eigenvalue weighted by molar-refractivity contribution is 7.08. The van der Waals surface area contributed by atoms with Crippen LogP contribution in [0, 0.1) is 6.92 Å². The van der Waals surface area contributed by atoms with E-state index in [2.05, 4.69) is 32.6 Å². The molecule has 0 saturated carbocycles. The maximum absolute atomic E-state index is 11.1. The molecule has 0 amide bonds. The van der Waals surface area contributed by atoms with E-state index in [0.717, 1.165) is 49.8 Å². The topological polar surface area (TPSA) is 79.9 Å². The summed E-state index contributed by atoms with van der Waals surface area (Å²) in [4.78, 5) is 15.5. The molecule has 0 aliphatic carbocycles. The van der Waals surface area contributed by atoms with E-state index in [1.165, 1.54) is 0 Å². The van der Waals surface area contributed by atoms with Crippen LogP contribution >= 0.6 is 11.3 Å². The number of aromatic nitrogens is 3. The van der Waals surface area contributed by atoms with Gasteiger partial charge in [-0.2, -0.15) is 5.10 Å². The van der Waals surface area contributed by atoms with E-state index in [9.17, 15) is 4.79 Å². The van der Waals surface area contributed by atoms with Crippen LogP contribution in [0.4, 0.5) is 0 Å². The number of aromatic amines is 1. The maximum Gasteiger partial charge on any atom is 0.322 e. The van der Waals surface area contributed by atoms with Crippen molar-refractivity contribution in [3.8, 4) is 5.75 Å². The zero-order valence-corrected chi connectivity index (χ0v) is 16.3. The van der Waals surface area contributed by atoms with Crippen molar-refractivity contribution in [2.24, 2.45) is 0 Å². The predicted molar refractivity (Wildman–Crippen MR) is 111 cm³/mol. The number of benzene rings is 2. The molecule has 2 heterocycles. The third-order valence-electron chi connectivity index (χ3n) is 4.34. The summed E-state index contributed by atoms with van der Waals surface area (Å²) in [5.41, 5.74) is 4.25. The monoisotopic (exact) mass is 392 g/mol. The molecule has 4 rings (SSSR count). The third-order valence-corrected chi connectivity index (χ3v) is 5.08. The number of ether oxygens (including phenoxy) is 1. The van der Waals surface area contributed by atoms with E-state index < -0.39 is 0 Å². The lowest BCUT2D eigenvalue weighted by molar-refractivity contribution is 0.307. The molecule has 4 aromatic rings. The number of fused-ring (bicyclic) bond motifs is 1. The van der Waals surface area contributed by atoms with Gasteiger partial charge in [0.2, 0.25) is 0 Å². The highest BCUT2D eigenvalue weighted by Crippen LogP contribution is 2.21. The second-order valence-corrected chi connectivity index (χ2v) is 7.53. The third kappa shape index (κ3) is 4.44. The van der Waals surface area contributed by atoms with Gasteiger partial charge in [0.15, 0.2) is 0 Å². The molecule has 0 aliphatic heterocycles. The summed E-state index contributed by atoms with van der Waals surface area (Å²) in [5.74, 6) is 0.827. The Labute approximate surface area is 166 Å². The van der Waals surface area contributed by atoms with Gasteiger partial charge in [-0.05, 0) is 36.8 Å². The summed E-state index contributed by atoms with van der Waals surface area (Å²) in [6.45, 7) is 3.76. The van der Waals surface area contributed by atoms with Crippen molar-refractivity contribution in [3.63, 3.8) is 0 Å². The molecule has 142 valence electrons. The van der Waals surface area contributed by atoms with Crippen LogP contribution in [-0.4, -0.2) is 15.2 Å². The summed E-state index contributed by atoms with van der Waals surface area (Å²) < 4.78 is 5.99. The van der Waals surface area contributed by atoms with Gasteiger partial charge < -0.3 is 10.1 Å². The maximum atomic E-state index is 11.1. The van der Waals surface area contributed by atoms with Crippen LogP contribution in [-0.2, 0) is 19.7 Å². The minimum absolute atomic E-state index is 0.129. The smallest absolute Gasteiger partial charge is 0.322 e. The van der Waals surface area contributed by atoms with Gasteiger partial charge in [-0.25, -0.2) is 5.10 Å². The zero-order valence-electron chi connectivity index (χ0n) is 15.4. The normalized spacial score (nSPS) is 11.0. The van der Waals surface area contributed by atoms with Crippen LogP contribution in [0.3, 0.4) is 0 Å². The number of pyridine rings is 1. The van der Waals surface area contributed by atoms with E-state index in [1.54, 1.807) is 0 Å². The first-order chi connectivity index (χ1) is 13.7. The van der Waals surface area contributed by atoms with Crippen LogP contribution in [0.1, 0.15) is 21.8 Å². The molecule has 2 aromatic heterocycles. The molecular formula is C21H20N4O2S. The number of para-hydroxylation sites is 1. The van der Waals surface area contributed by atoms with E-state index in [0.29, 0.717) is 19.7 Å². The quantitative estimate of drug-likeness (QED) is 0.503. The fraction of sp³-hybridized carbons (Fsp3) is 0.190. The van der Waals surface area contributed by atoms with Gasteiger partial charge in [-0.15, -0.1) is 0 Å². The van der Waals surface area contributed by atoms with Crippen molar-refractivity contribution < 1.29 is 4.74 Å². The fourth-order valence-corrected chi connectivity index (χ4v) is 3.60. The molecule has 0 bridgehead atoms. The van der Waals surface area contributed by atoms with Crippen molar-refractivity contribution in [3.05, 3.63) is 86.1 Å². The highest BCUT2D eigenvalue weighted by atomic mass is 32.1. The summed E-state index contributed by atoms with van der Waals surface area (Å²) in [5, 5.41) is 11.5. The van der Waals surface area contributed by atoms with E-state index in [1.807, 2.05) is 49.4 Å². The van der Waals surface area contributed by atoms with Crippen molar-refractivity contribution in [2.45, 2.75) is 26.6 Å². The number of aryl methyl sites for hydroxylation is 1. The van der Waals surface area contributed by atoms with Gasteiger partial charge in [-0.1, -0.05) is 41.7 Å². The standard InChI is InChI=1S/C21H20N4O2S/c1-14-10-16(18-4-2-3-5-19(18)23-14)13-27-17-8-6-15(7-9-17)11-22-12-20-24-25-21(26)28-20/h2-10,22H,11-13H2,1H3,(H,25,26). The minimum atomic E-state index is -0.129. The summed E-state index contributed by atoms with van der Waals surface area (Å²) in [6.07, 6.45) is 0. The Hall–Kier alpha value is -3.03. The van der Waals surface area contributed by atoms with Gasteiger partial charge >= 0.3 is 4.87 Å². The molecule has 0 aliphatic rings. The van der Waals surface area contributed by atoms with Crippen LogP contribution in [0.25, 0.3) is 10.9 Å². The van der Waals surface area contributed by atoms with Gasteiger partial charge in [0.25, 0.3) is 0 Å². The lowest BCUT2D eigenvalue weighted by atomic mass is 10.1. The van der Waals surface area contributed by atoms with Gasteiger partial charge in [0, 0.05) is 23.2 Å². The summed E-state index contributed by atoms with van der Waals surface area (Å²) >= 11 is 1.12. The zero-order chi connectivity index (χ0) is 19.3. The summed E-state index contributed by atoms with van der Waals surface area (Å²) in [6, 6.07) is 18.2. The Morgan fingerprint density at radius 1 is 1.11 bits per heavy atom. The van der Waals surface area contributed by atoms with Gasteiger partial charge in [0.1, 0.15) is 17.4 Å². The minimum Gasteiger partial charge on any atom is -0.489 e. The van der Waals surface area contributed by atoms with Gasteiger partial charge in [0.05, 0.1) is 12.1 Å². The molecule has 2 aromatic carbocycles. The highest BCUT2D eigenvalue weighted by Gasteiger charge is 2.05. The molecule has 7 heteroatoms. The average Bonchev–Trinajstić information content (AvgIpc) is 3.12. The lowest BCUT2D eigenvalue weighted by Gasteiger charge is -2.11. The number of nitrogens with zero attached hydrogens (tertiary/aromatic N) is 2. The van der Waals surface area contributed by atoms with E-state index >= 15 is 0 Å². The first-order valence-corrected chi connectivity index (χ1v) is 9.81. The first kappa shape index (κ1) is 18.3. The molecule has 2 N–H and O–H groups in total. The molecular weight excluding hydrogens is 372 g/mol. The largest absolute Gasteiger partial charge is 0.489 e. The fourth-order valence-electron chi connectivity index (χ4n) is 3.03. The van der Waals surface area contributed by atoms with Crippen LogP contribution in [0.15, 0.2) is 59.4 Å². The number of hydrogen-bond acceptors (Lipinski definition) is 6. The Balaban J connectivity index is 1.35. The van der Waals surface area contributed by atoms with Gasteiger partial charge in [-0.3, -0.25) is 9.78 Å². The summed E-state index contributed by atoms with van der Waals surface area (Å²) in [7, 11) is 0. The Kier molecular flexibility index (Phi) is 5.45. The van der Waals surface area contributed by atoms with Crippen LogP contribution in [0.2, 0.25) is 0 Å². The molecule has 0 atom stereocenters. The predicted octanol–water partition coefficient (Wildman–Crippen LogP) is 3.56. The number of H-pyrrole nitrogens is 1. The molecule has 28 heavy (non-hydrogen) atoms. The Morgan fingerprint density at radius 2 is 1.93 bits per heavy atom. The molecule has 0 fully saturated rings. The number of hydrogen-bond donors (Lipinski definition) is 2. The van der Waals surface area contributed by atoms with Crippen molar-refractivity contribution in [1.82, 2.24) is 20.5 Å². The van der Waals surface area contributed by atoms with Crippen LogP contribution in [0.5, 0.6) is 5.75 Å². The Morgan fingerprint density at radius 3 is 2.71 bits per heavy atom. The SMILES string of the molecule is Cc1cc(COc2ccc(CNCc3n[nH]c(=O)s3)cc2)c2ccccc2n1. The Bertz CT molecular complexity index is 1140. The van der Waals surface area contributed by atoms with Crippen molar-refractivity contribution in [2.75, 3.05) is 0 Å².